The van der Waals surface area contributed by atoms with Gasteiger partial charge in [0.25, 0.3) is 0 Å². The van der Waals surface area contributed by atoms with Crippen LogP contribution in [-0.4, -0.2) is 39.7 Å². The van der Waals surface area contributed by atoms with Gasteiger partial charge in [0.2, 0.25) is 5.91 Å². The van der Waals surface area contributed by atoms with Gasteiger partial charge in [-0.05, 0) is 43.2 Å². The molecule has 26 heavy (non-hydrogen) atoms. The Kier molecular flexibility index (Phi) is 4.93. The molecule has 1 saturated heterocycles. The summed E-state index contributed by atoms with van der Waals surface area (Å²) in [5.41, 5.74) is 2.74. The lowest BCUT2D eigenvalue weighted by molar-refractivity contribution is -0.122. The van der Waals surface area contributed by atoms with Crippen LogP contribution in [-0.2, 0) is 16.1 Å². The third kappa shape index (κ3) is 3.60. The fourth-order valence-corrected chi connectivity index (χ4v) is 3.41. The van der Waals surface area contributed by atoms with Crippen molar-refractivity contribution in [1.82, 2.24) is 19.9 Å². The van der Waals surface area contributed by atoms with E-state index in [1.807, 2.05) is 30.3 Å². The monoisotopic (exact) mass is 350 g/mol. The number of hydrogen-bond acceptors (Lipinski definition) is 4. The number of amides is 1. The fourth-order valence-electron chi connectivity index (χ4n) is 3.41. The summed E-state index contributed by atoms with van der Waals surface area (Å²) in [5.74, 6) is 0.0465. The summed E-state index contributed by atoms with van der Waals surface area (Å²) < 4.78 is 7.51. The number of hydrogen-bond donors (Lipinski definition) is 1. The molecule has 4 heterocycles. The van der Waals surface area contributed by atoms with Crippen LogP contribution < -0.4 is 5.32 Å². The number of carbonyl (C=O) groups is 1. The second-order valence-electron chi connectivity index (χ2n) is 6.54. The zero-order valence-electron chi connectivity index (χ0n) is 14.6. The largest absolute Gasteiger partial charge is 0.379 e. The Morgan fingerprint density at radius 3 is 2.96 bits per heavy atom. The number of pyridine rings is 2. The van der Waals surface area contributed by atoms with Crippen LogP contribution in [0.4, 0.5) is 0 Å². The number of ether oxygens (including phenoxy) is 1. The topological polar surface area (TPSA) is 69.0 Å². The molecule has 0 radical (unpaired) electrons. The normalized spacial score (nSPS) is 17.3. The van der Waals surface area contributed by atoms with Gasteiger partial charge in [0, 0.05) is 37.4 Å². The molecular formula is C20H22N4O2. The van der Waals surface area contributed by atoms with Crippen LogP contribution in [0.15, 0.2) is 48.8 Å². The second kappa shape index (κ2) is 7.66. The van der Waals surface area contributed by atoms with Gasteiger partial charge in [0.05, 0.1) is 24.0 Å². The summed E-state index contributed by atoms with van der Waals surface area (Å²) in [6, 6.07) is 12.0. The van der Waals surface area contributed by atoms with Crippen molar-refractivity contribution in [1.29, 1.82) is 0 Å². The fraction of sp³-hybridized carbons (Fsp3) is 0.350. The van der Waals surface area contributed by atoms with E-state index in [0.717, 1.165) is 41.9 Å². The third-order valence-electron chi connectivity index (χ3n) is 4.67. The molecule has 134 valence electrons. The zero-order chi connectivity index (χ0) is 17.8. The SMILES string of the molecule is O=C(CCn1c(-c2ccccn2)cc2cccnc21)N[C@@H]1CCCOC1. The van der Waals surface area contributed by atoms with E-state index in [4.69, 9.17) is 4.74 Å². The van der Waals surface area contributed by atoms with Crippen LogP contribution in [0.2, 0.25) is 0 Å². The summed E-state index contributed by atoms with van der Waals surface area (Å²) in [4.78, 5) is 21.3. The van der Waals surface area contributed by atoms with Crippen molar-refractivity contribution in [3.8, 4) is 11.4 Å². The minimum Gasteiger partial charge on any atom is -0.379 e. The zero-order valence-corrected chi connectivity index (χ0v) is 14.6. The molecule has 1 aliphatic heterocycles. The maximum absolute atomic E-state index is 12.4. The molecule has 1 fully saturated rings. The smallest absolute Gasteiger partial charge is 0.222 e. The second-order valence-corrected chi connectivity index (χ2v) is 6.54. The van der Waals surface area contributed by atoms with Gasteiger partial charge in [-0.25, -0.2) is 4.98 Å². The highest BCUT2D eigenvalue weighted by Crippen LogP contribution is 2.26. The Morgan fingerprint density at radius 2 is 2.15 bits per heavy atom. The standard InChI is InChI=1S/C20H22N4O2/c25-19(23-16-6-4-12-26-14-16)8-11-24-18(17-7-1-2-9-21-17)13-15-5-3-10-22-20(15)24/h1-3,5,7,9-10,13,16H,4,6,8,11-12,14H2,(H,23,25)/t16-/m1/s1. The highest BCUT2D eigenvalue weighted by Gasteiger charge is 2.17. The van der Waals surface area contributed by atoms with Crippen LogP contribution >= 0.6 is 0 Å². The van der Waals surface area contributed by atoms with Gasteiger partial charge in [-0.1, -0.05) is 6.07 Å². The summed E-state index contributed by atoms with van der Waals surface area (Å²) in [6.45, 7) is 1.96. The first-order valence-corrected chi connectivity index (χ1v) is 9.04. The molecule has 0 bridgehead atoms. The first-order chi connectivity index (χ1) is 12.8. The van der Waals surface area contributed by atoms with Crippen molar-refractivity contribution in [2.45, 2.75) is 31.8 Å². The summed E-state index contributed by atoms with van der Waals surface area (Å²) in [7, 11) is 0. The van der Waals surface area contributed by atoms with E-state index in [-0.39, 0.29) is 11.9 Å². The van der Waals surface area contributed by atoms with Crippen molar-refractivity contribution < 1.29 is 9.53 Å². The molecule has 1 atom stereocenters. The van der Waals surface area contributed by atoms with E-state index in [1.165, 1.54) is 0 Å². The summed E-state index contributed by atoms with van der Waals surface area (Å²) in [5, 5.41) is 4.13. The van der Waals surface area contributed by atoms with Crippen LogP contribution in [0.25, 0.3) is 22.4 Å². The Labute approximate surface area is 152 Å². The maximum Gasteiger partial charge on any atom is 0.222 e. The van der Waals surface area contributed by atoms with E-state index < -0.39 is 0 Å². The van der Waals surface area contributed by atoms with Gasteiger partial charge in [-0.3, -0.25) is 9.78 Å². The van der Waals surface area contributed by atoms with Crippen molar-refractivity contribution in [2.24, 2.45) is 0 Å². The van der Waals surface area contributed by atoms with E-state index in [2.05, 4.69) is 25.9 Å². The molecule has 3 aromatic rings. The van der Waals surface area contributed by atoms with E-state index >= 15 is 0 Å². The lowest BCUT2D eigenvalue weighted by Gasteiger charge is -2.23. The Morgan fingerprint density at radius 1 is 1.23 bits per heavy atom. The first kappa shape index (κ1) is 16.7. The summed E-state index contributed by atoms with van der Waals surface area (Å²) in [6.07, 6.45) is 5.94. The number of aromatic nitrogens is 3. The van der Waals surface area contributed by atoms with E-state index in [0.29, 0.717) is 19.6 Å². The molecule has 0 unspecified atom stereocenters. The number of carbonyl (C=O) groups excluding carboxylic acids is 1. The number of nitrogens with one attached hydrogen (secondary N) is 1. The predicted molar refractivity (Wildman–Crippen MR) is 99.6 cm³/mol. The van der Waals surface area contributed by atoms with Gasteiger partial charge >= 0.3 is 0 Å². The average Bonchev–Trinajstić information content (AvgIpc) is 3.06. The van der Waals surface area contributed by atoms with Crippen LogP contribution in [0.1, 0.15) is 19.3 Å². The quantitative estimate of drug-likeness (QED) is 0.768. The Bertz CT molecular complexity index is 885. The number of rotatable bonds is 5. The minimum atomic E-state index is 0.0465. The molecule has 1 N–H and O–H groups in total. The molecule has 6 heteroatoms. The molecule has 3 aromatic heterocycles. The number of fused-ring (bicyclic) bond motifs is 1. The molecule has 6 nitrogen and oxygen atoms in total. The van der Waals surface area contributed by atoms with E-state index in [9.17, 15) is 4.79 Å². The molecular weight excluding hydrogens is 328 g/mol. The molecule has 4 rings (SSSR count). The molecule has 1 aliphatic rings. The maximum atomic E-state index is 12.4. The van der Waals surface area contributed by atoms with Gasteiger partial charge < -0.3 is 14.6 Å². The van der Waals surface area contributed by atoms with Crippen LogP contribution in [0, 0.1) is 0 Å². The molecule has 0 aromatic carbocycles. The van der Waals surface area contributed by atoms with Gasteiger partial charge in [-0.2, -0.15) is 0 Å². The van der Waals surface area contributed by atoms with E-state index in [1.54, 1.807) is 12.4 Å². The van der Waals surface area contributed by atoms with Gasteiger partial charge in [0.1, 0.15) is 5.65 Å². The highest BCUT2D eigenvalue weighted by molar-refractivity contribution is 5.84. The lowest BCUT2D eigenvalue weighted by atomic mass is 10.1. The minimum absolute atomic E-state index is 0.0465. The van der Waals surface area contributed by atoms with Gasteiger partial charge in [0.15, 0.2) is 0 Å². The number of aryl methyl sites for hydroxylation is 1. The van der Waals surface area contributed by atoms with Crippen molar-refractivity contribution in [3.05, 3.63) is 48.8 Å². The Balaban J connectivity index is 1.54. The summed E-state index contributed by atoms with van der Waals surface area (Å²) >= 11 is 0. The molecule has 0 saturated carbocycles. The third-order valence-corrected chi connectivity index (χ3v) is 4.67. The number of nitrogens with zero attached hydrogens (tertiary/aromatic N) is 3. The first-order valence-electron chi connectivity index (χ1n) is 9.04. The van der Waals surface area contributed by atoms with Gasteiger partial charge in [-0.15, -0.1) is 0 Å². The van der Waals surface area contributed by atoms with Crippen molar-refractivity contribution in [3.63, 3.8) is 0 Å². The predicted octanol–water partition coefficient (Wildman–Crippen LogP) is 2.78. The van der Waals surface area contributed by atoms with Crippen molar-refractivity contribution in [2.75, 3.05) is 13.2 Å². The Hall–Kier alpha value is -2.73. The molecule has 1 amide bonds. The lowest BCUT2D eigenvalue weighted by Crippen LogP contribution is -2.40. The average molecular weight is 350 g/mol. The molecule has 0 spiro atoms. The highest BCUT2D eigenvalue weighted by atomic mass is 16.5. The molecule has 0 aliphatic carbocycles. The van der Waals surface area contributed by atoms with Crippen LogP contribution in [0.5, 0.6) is 0 Å². The van der Waals surface area contributed by atoms with Crippen LogP contribution in [0.3, 0.4) is 0 Å². The van der Waals surface area contributed by atoms with Crippen molar-refractivity contribution >= 4 is 16.9 Å².